The first-order valence-corrected chi connectivity index (χ1v) is 6.91. The molecule has 0 aliphatic rings. The molecule has 1 aromatic carbocycles. The van der Waals surface area contributed by atoms with Crippen molar-refractivity contribution in [3.05, 3.63) is 59.1 Å². The fourth-order valence-electron chi connectivity index (χ4n) is 1.94. The summed E-state index contributed by atoms with van der Waals surface area (Å²) in [5, 5.41) is 3.64. The Kier molecular flexibility index (Phi) is 5.25. The Bertz CT molecular complexity index is 586. The number of nitrogens with zero attached hydrogens (tertiary/aromatic N) is 3. The maximum absolute atomic E-state index is 12.2. The fraction of sp³-hybridized carbons (Fsp3) is 0.267. The van der Waals surface area contributed by atoms with Crippen LogP contribution in [0.4, 0.5) is 0 Å². The first kappa shape index (κ1) is 15.4. The van der Waals surface area contributed by atoms with Crippen LogP contribution in [-0.2, 0) is 0 Å². The Morgan fingerprint density at radius 2 is 2.00 bits per heavy atom. The highest BCUT2D eigenvalue weighted by Gasteiger charge is 2.17. The van der Waals surface area contributed by atoms with Gasteiger partial charge >= 0.3 is 0 Å². The van der Waals surface area contributed by atoms with Gasteiger partial charge in [0.15, 0.2) is 0 Å². The number of carbonyl (C=O) groups is 1. The van der Waals surface area contributed by atoms with Crippen LogP contribution in [0.2, 0.25) is 5.02 Å². The maximum Gasteiger partial charge on any atom is 0.272 e. The molecule has 0 aliphatic carbocycles. The summed E-state index contributed by atoms with van der Waals surface area (Å²) in [4.78, 5) is 22.1. The van der Waals surface area contributed by atoms with Crippen LogP contribution in [0, 0.1) is 0 Å². The summed E-state index contributed by atoms with van der Waals surface area (Å²) in [5.41, 5.74) is 1.29. The number of carbonyl (C=O) groups excluding carboxylic acids is 1. The summed E-state index contributed by atoms with van der Waals surface area (Å²) in [6.07, 6.45) is 4.48. The lowest BCUT2D eigenvalue weighted by molar-refractivity contribution is 0.0924. The molecule has 1 N–H and O–H groups in total. The third kappa shape index (κ3) is 4.51. The van der Waals surface area contributed by atoms with Gasteiger partial charge in [0.1, 0.15) is 5.69 Å². The number of rotatable bonds is 5. The summed E-state index contributed by atoms with van der Waals surface area (Å²) < 4.78 is 0. The molecule has 21 heavy (non-hydrogen) atoms. The van der Waals surface area contributed by atoms with Crippen molar-refractivity contribution in [3.8, 4) is 0 Å². The smallest absolute Gasteiger partial charge is 0.272 e. The van der Waals surface area contributed by atoms with Gasteiger partial charge in [-0.3, -0.25) is 9.78 Å². The molecule has 5 nitrogen and oxygen atoms in total. The van der Waals surface area contributed by atoms with Crippen molar-refractivity contribution in [1.29, 1.82) is 0 Å². The largest absolute Gasteiger partial charge is 0.343 e. The van der Waals surface area contributed by atoms with E-state index in [0.29, 0.717) is 17.3 Å². The molecule has 0 unspecified atom stereocenters. The van der Waals surface area contributed by atoms with Gasteiger partial charge in [0, 0.05) is 24.0 Å². The van der Waals surface area contributed by atoms with Crippen molar-refractivity contribution < 1.29 is 4.79 Å². The van der Waals surface area contributed by atoms with Crippen LogP contribution in [0.25, 0.3) is 0 Å². The van der Waals surface area contributed by atoms with Crippen LogP contribution in [0.3, 0.4) is 0 Å². The van der Waals surface area contributed by atoms with E-state index in [4.69, 9.17) is 11.6 Å². The molecule has 0 aliphatic heterocycles. The molecule has 0 fully saturated rings. The van der Waals surface area contributed by atoms with Crippen molar-refractivity contribution in [1.82, 2.24) is 20.2 Å². The molecule has 110 valence electrons. The Morgan fingerprint density at radius 3 is 2.57 bits per heavy atom. The van der Waals surface area contributed by atoms with Crippen molar-refractivity contribution in [2.45, 2.75) is 6.04 Å². The molecule has 0 saturated heterocycles. The molecule has 0 radical (unpaired) electrons. The Balaban J connectivity index is 2.17. The molecule has 0 spiro atoms. The highest BCUT2D eigenvalue weighted by atomic mass is 35.5. The fourth-order valence-corrected chi connectivity index (χ4v) is 2.07. The third-order valence-corrected chi connectivity index (χ3v) is 3.17. The summed E-state index contributed by atoms with van der Waals surface area (Å²) in [7, 11) is 3.91. The second-order valence-corrected chi connectivity index (χ2v) is 5.37. The van der Waals surface area contributed by atoms with Gasteiger partial charge in [0.25, 0.3) is 5.91 Å². The quantitative estimate of drug-likeness (QED) is 0.919. The molecular formula is C15H17ClN4O. The molecule has 6 heteroatoms. The van der Waals surface area contributed by atoms with E-state index in [0.717, 1.165) is 5.56 Å². The summed E-state index contributed by atoms with van der Waals surface area (Å²) in [5.74, 6) is -0.245. The SMILES string of the molecule is CN(C)C[C@@H](NC(=O)c1cnccn1)c1ccc(Cl)cc1. The van der Waals surface area contributed by atoms with Gasteiger partial charge in [-0.1, -0.05) is 23.7 Å². The normalized spacial score (nSPS) is 12.2. The summed E-state index contributed by atoms with van der Waals surface area (Å²) in [6.45, 7) is 0.674. The molecule has 2 aromatic rings. The maximum atomic E-state index is 12.2. The van der Waals surface area contributed by atoms with Crippen LogP contribution in [-0.4, -0.2) is 41.4 Å². The van der Waals surface area contributed by atoms with E-state index in [-0.39, 0.29) is 11.9 Å². The lowest BCUT2D eigenvalue weighted by Crippen LogP contribution is -2.35. The number of amides is 1. The molecule has 1 atom stereocenters. The number of aromatic nitrogens is 2. The minimum absolute atomic E-state index is 0.147. The number of hydrogen-bond donors (Lipinski definition) is 1. The van der Waals surface area contributed by atoms with Gasteiger partial charge in [-0.05, 0) is 31.8 Å². The van der Waals surface area contributed by atoms with E-state index < -0.39 is 0 Å². The molecule has 0 bridgehead atoms. The molecular weight excluding hydrogens is 288 g/mol. The topological polar surface area (TPSA) is 58.1 Å². The van der Waals surface area contributed by atoms with E-state index >= 15 is 0 Å². The van der Waals surface area contributed by atoms with E-state index in [9.17, 15) is 4.79 Å². The van der Waals surface area contributed by atoms with Crippen LogP contribution in [0.1, 0.15) is 22.1 Å². The molecule has 1 amide bonds. The van der Waals surface area contributed by atoms with E-state index in [1.165, 1.54) is 18.6 Å². The van der Waals surface area contributed by atoms with Gasteiger partial charge in [-0.25, -0.2) is 4.98 Å². The van der Waals surface area contributed by atoms with Gasteiger partial charge in [0.2, 0.25) is 0 Å². The van der Waals surface area contributed by atoms with Gasteiger partial charge in [-0.15, -0.1) is 0 Å². The lowest BCUT2D eigenvalue weighted by Gasteiger charge is -2.22. The second-order valence-electron chi connectivity index (χ2n) is 4.93. The Morgan fingerprint density at radius 1 is 1.29 bits per heavy atom. The predicted octanol–water partition coefficient (Wildman–Crippen LogP) is 2.16. The molecule has 1 aromatic heterocycles. The van der Waals surface area contributed by atoms with Crippen molar-refractivity contribution >= 4 is 17.5 Å². The van der Waals surface area contributed by atoms with Crippen LogP contribution < -0.4 is 5.32 Å². The lowest BCUT2D eigenvalue weighted by atomic mass is 10.1. The highest BCUT2D eigenvalue weighted by Crippen LogP contribution is 2.17. The van der Waals surface area contributed by atoms with Crippen LogP contribution >= 0.6 is 11.6 Å². The zero-order valence-corrected chi connectivity index (χ0v) is 12.7. The minimum atomic E-state index is -0.245. The van der Waals surface area contributed by atoms with Gasteiger partial charge in [-0.2, -0.15) is 0 Å². The van der Waals surface area contributed by atoms with E-state index in [2.05, 4.69) is 15.3 Å². The molecule has 2 rings (SSSR count). The minimum Gasteiger partial charge on any atom is -0.343 e. The van der Waals surface area contributed by atoms with E-state index in [1.54, 1.807) is 0 Å². The van der Waals surface area contributed by atoms with Crippen LogP contribution in [0.5, 0.6) is 0 Å². The first-order chi connectivity index (χ1) is 10.1. The number of benzene rings is 1. The van der Waals surface area contributed by atoms with Gasteiger partial charge in [0.05, 0.1) is 12.2 Å². The van der Waals surface area contributed by atoms with Gasteiger partial charge < -0.3 is 10.2 Å². The monoisotopic (exact) mass is 304 g/mol. The van der Waals surface area contributed by atoms with E-state index in [1.807, 2.05) is 43.3 Å². The average molecular weight is 305 g/mol. The second kappa shape index (κ2) is 7.15. The molecule has 0 saturated carbocycles. The summed E-state index contributed by atoms with van der Waals surface area (Å²) >= 11 is 5.91. The number of likely N-dealkylation sites (N-methyl/N-ethyl adjacent to an activating group) is 1. The van der Waals surface area contributed by atoms with Crippen molar-refractivity contribution in [2.24, 2.45) is 0 Å². The van der Waals surface area contributed by atoms with Crippen molar-refractivity contribution in [3.63, 3.8) is 0 Å². The summed E-state index contributed by atoms with van der Waals surface area (Å²) in [6, 6.07) is 7.30. The third-order valence-electron chi connectivity index (χ3n) is 2.92. The Labute approximate surface area is 129 Å². The predicted molar refractivity (Wildman–Crippen MR) is 82.2 cm³/mol. The number of hydrogen-bond acceptors (Lipinski definition) is 4. The first-order valence-electron chi connectivity index (χ1n) is 6.53. The number of halogens is 1. The number of nitrogens with one attached hydrogen (secondary N) is 1. The average Bonchev–Trinajstić information content (AvgIpc) is 2.48. The zero-order valence-electron chi connectivity index (χ0n) is 12.0. The van der Waals surface area contributed by atoms with Crippen molar-refractivity contribution in [2.75, 3.05) is 20.6 Å². The van der Waals surface area contributed by atoms with Crippen LogP contribution in [0.15, 0.2) is 42.9 Å². The standard InChI is InChI=1S/C15H17ClN4O/c1-20(2)10-14(11-3-5-12(16)6-4-11)19-15(21)13-9-17-7-8-18-13/h3-9,14H,10H2,1-2H3,(H,19,21)/t14-/m1/s1. The highest BCUT2D eigenvalue weighted by molar-refractivity contribution is 6.30. The zero-order chi connectivity index (χ0) is 15.2. The molecule has 1 heterocycles. The Hall–Kier alpha value is -1.98.